The standard InChI is InChI=1S/C28H32N4O5S/c1-21-3-4-23-16-25(6-5-22(23)15-21)38(34,35)31-17-26(33)32-18-27(37-28(32,19-31)20-36-2)9-13-30(14-10-27)24-7-11-29-12-8-24/h3-8,11-12,15-16H,9-10,13-14,17-20H2,1-2H3. The van der Waals surface area contributed by atoms with Crippen LogP contribution < -0.4 is 4.90 Å². The van der Waals surface area contributed by atoms with Crippen LogP contribution in [0.25, 0.3) is 10.8 Å². The molecule has 1 aromatic heterocycles. The molecule has 1 unspecified atom stereocenters. The van der Waals surface area contributed by atoms with Gasteiger partial charge in [0.1, 0.15) is 0 Å². The average molecular weight is 537 g/mol. The van der Waals surface area contributed by atoms with E-state index in [-0.39, 0.29) is 30.5 Å². The number of aromatic nitrogens is 1. The van der Waals surface area contributed by atoms with Crippen molar-refractivity contribution in [2.75, 3.05) is 51.3 Å². The summed E-state index contributed by atoms with van der Waals surface area (Å²) in [6, 6.07) is 15.0. The van der Waals surface area contributed by atoms with Crippen LogP contribution in [0.4, 0.5) is 5.69 Å². The lowest BCUT2D eigenvalue weighted by Gasteiger charge is -2.44. The van der Waals surface area contributed by atoms with Crippen LogP contribution >= 0.6 is 0 Å². The van der Waals surface area contributed by atoms with Crippen molar-refractivity contribution in [2.45, 2.75) is 36.0 Å². The third-order valence-corrected chi connectivity index (χ3v) is 9.85. The molecule has 3 aliphatic rings. The minimum atomic E-state index is -3.94. The predicted octanol–water partition coefficient (Wildman–Crippen LogP) is 2.79. The molecule has 0 saturated carbocycles. The Morgan fingerprint density at radius 1 is 1.00 bits per heavy atom. The van der Waals surface area contributed by atoms with E-state index in [9.17, 15) is 13.2 Å². The lowest BCUT2D eigenvalue weighted by molar-refractivity contribution is -0.194. The number of hydrogen-bond acceptors (Lipinski definition) is 7. The van der Waals surface area contributed by atoms with Gasteiger partial charge in [-0.2, -0.15) is 4.31 Å². The molecule has 1 atom stereocenters. The number of piperidine rings is 1. The molecule has 4 heterocycles. The Morgan fingerprint density at radius 2 is 1.71 bits per heavy atom. The molecule has 0 radical (unpaired) electrons. The Kier molecular flexibility index (Phi) is 6.18. The molecule has 3 saturated heterocycles. The van der Waals surface area contributed by atoms with E-state index in [4.69, 9.17) is 9.47 Å². The number of hydrogen-bond donors (Lipinski definition) is 0. The van der Waals surface area contributed by atoms with E-state index in [0.717, 1.165) is 48.0 Å². The molecule has 6 rings (SSSR count). The summed E-state index contributed by atoms with van der Waals surface area (Å²) in [5.74, 6) is -0.262. The van der Waals surface area contributed by atoms with Gasteiger partial charge in [0, 0.05) is 38.3 Å². The number of ether oxygens (including phenoxy) is 2. The molecule has 9 nitrogen and oxygen atoms in total. The van der Waals surface area contributed by atoms with Crippen LogP contribution in [-0.2, 0) is 24.3 Å². The van der Waals surface area contributed by atoms with Crippen LogP contribution in [0.3, 0.4) is 0 Å². The molecule has 1 spiro atoms. The highest BCUT2D eigenvalue weighted by molar-refractivity contribution is 7.89. The van der Waals surface area contributed by atoms with Crippen molar-refractivity contribution in [2.24, 2.45) is 0 Å². The highest BCUT2D eigenvalue weighted by Crippen LogP contribution is 2.44. The highest BCUT2D eigenvalue weighted by atomic mass is 32.2. The summed E-state index contributed by atoms with van der Waals surface area (Å²) in [5, 5.41) is 1.81. The number of pyridine rings is 1. The van der Waals surface area contributed by atoms with Gasteiger partial charge in [0.05, 0.1) is 36.7 Å². The molecule has 200 valence electrons. The minimum Gasteiger partial charge on any atom is -0.380 e. The molecule has 2 aromatic carbocycles. The fraction of sp³-hybridized carbons (Fsp3) is 0.429. The van der Waals surface area contributed by atoms with Crippen molar-refractivity contribution in [3.63, 3.8) is 0 Å². The lowest BCUT2D eigenvalue weighted by Crippen LogP contribution is -2.65. The van der Waals surface area contributed by atoms with Crippen molar-refractivity contribution in [1.82, 2.24) is 14.2 Å². The first-order chi connectivity index (χ1) is 18.2. The normalized spacial score (nSPS) is 23.8. The van der Waals surface area contributed by atoms with E-state index in [2.05, 4.69) is 9.88 Å². The topological polar surface area (TPSA) is 92.3 Å². The largest absolute Gasteiger partial charge is 0.380 e. The van der Waals surface area contributed by atoms with Crippen LogP contribution in [0.15, 0.2) is 65.8 Å². The van der Waals surface area contributed by atoms with Crippen molar-refractivity contribution in [3.05, 3.63) is 66.5 Å². The number of carbonyl (C=O) groups excluding carboxylic acids is 1. The summed E-state index contributed by atoms with van der Waals surface area (Å²) in [4.78, 5) is 21.7. The molecule has 10 heteroatoms. The van der Waals surface area contributed by atoms with Crippen LogP contribution in [0.5, 0.6) is 0 Å². The SMILES string of the molecule is COCC12CN(S(=O)(=O)c3ccc4cc(C)ccc4c3)CC(=O)N1CC1(CCN(c3ccncc3)CC1)O2. The maximum absolute atomic E-state index is 13.8. The Labute approximate surface area is 223 Å². The van der Waals surface area contributed by atoms with Gasteiger partial charge in [-0.1, -0.05) is 29.8 Å². The van der Waals surface area contributed by atoms with E-state index >= 15 is 0 Å². The number of carbonyl (C=O) groups is 1. The number of amides is 1. The zero-order chi connectivity index (χ0) is 26.5. The van der Waals surface area contributed by atoms with E-state index in [1.807, 2.05) is 43.3 Å². The molecular formula is C28H32N4O5S. The summed E-state index contributed by atoms with van der Waals surface area (Å²) < 4.78 is 41.1. The Morgan fingerprint density at radius 3 is 2.45 bits per heavy atom. The number of anilines is 1. The molecule has 0 aliphatic carbocycles. The highest BCUT2D eigenvalue weighted by Gasteiger charge is 2.60. The van der Waals surface area contributed by atoms with Crippen LogP contribution in [0.2, 0.25) is 0 Å². The number of nitrogens with zero attached hydrogens (tertiary/aromatic N) is 4. The average Bonchev–Trinajstić information content (AvgIpc) is 3.23. The first-order valence-corrected chi connectivity index (χ1v) is 14.3. The first kappa shape index (κ1) is 25.2. The van der Waals surface area contributed by atoms with E-state index in [0.29, 0.717) is 6.54 Å². The van der Waals surface area contributed by atoms with Gasteiger partial charge in [-0.15, -0.1) is 0 Å². The van der Waals surface area contributed by atoms with Gasteiger partial charge in [-0.3, -0.25) is 9.78 Å². The van der Waals surface area contributed by atoms with E-state index in [1.54, 1.807) is 36.5 Å². The minimum absolute atomic E-state index is 0.0245. The van der Waals surface area contributed by atoms with Crippen LogP contribution in [0.1, 0.15) is 18.4 Å². The Bertz CT molecular complexity index is 1470. The number of methoxy groups -OCH3 is 1. The zero-order valence-electron chi connectivity index (χ0n) is 21.7. The van der Waals surface area contributed by atoms with Crippen LogP contribution in [0, 0.1) is 6.92 Å². The number of fused-ring (bicyclic) bond motifs is 2. The van der Waals surface area contributed by atoms with Crippen LogP contribution in [-0.4, -0.2) is 86.3 Å². The third-order valence-electron chi connectivity index (χ3n) is 8.06. The smallest absolute Gasteiger partial charge is 0.243 e. The van der Waals surface area contributed by atoms with Gasteiger partial charge in [0.25, 0.3) is 0 Å². The summed E-state index contributed by atoms with van der Waals surface area (Å²) in [6.45, 7) is 3.88. The zero-order valence-corrected chi connectivity index (χ0v) is 22.5. The number of aryl methyl sites for hydroxylation is 1. The number of sulfonamides is 1. The van der Waals surface area contributed by atoms with Crippen molar-refractivity contribution >= 4 is 32.4 Å². The monoisotopic (exact) mass is 536 g/mol. The maximum Gasteiger partial charge on any atom is 0.243 e. The second-order valence-electron chi connectivity index (χ2n) is 10.6. The number of benzene rings is 2. The maximum atomic E-state index is 13.8. The quantitative estimate of drug-likeness (QED) is 0.495. The number of rotatable bonds is 5. The summed E-state index contributed by atoms with van der Waals surface area (Å²) in [5.41, 5.74) is 0.508. The van der Waals surface area contributed by atoms with Gasteiger partial charge in [-0.05, 0) is 54.8 Å². The molecule has 0 bridgehead atoms. The molecule has 3 aliphatic heterocycles. The summed E-state index contributed by atoms with van der Waals surface area (Å²) in [7, 11) is -2.39. The third kappa shape index (κ3) is 4.25. The Balaban J connectivity index is 1.26. The van der Waals surface area contributed by atoms with Crippen molar-refractivity contribution in [3.8, 4) is 0 Å². The van der Waals surface area contributed by atoms with Gasteiger partial charge >= 0.3 is 0 Å². The van der Waals surface area contributed by atoms with Gasteiger partial charge < -0.3 is 19.3 Å². The first-order valence-electron chi connectivity index (χ1n) is 12.9. The number of piperazine rings is 1. The fourth-order valence-corrected chi connectivity index (χ4v) is 7.58. The molecule has 38 heavy (non-hydrogen) atoms. The van der Waals surface area contributed by atoms with Gasteiger partial charge in [0.15, 0.2) is 5.72 Å². The molecule has 0 N–H and O–H groups in total. The second kappa shape index (κ2) is 9.30. The lowest BCUT2D eigenvalue weighted by atomic mass is 9.91. The van der Waals surface area contributed by atoms with E-state index in [1.165, 1.54) is 4.31 Å². The van der Waals surface area contributed by atoms with Crippen molar-refractivity contribution in [1.29, 1.82) is 0 Å². The summed E-state index contributed by atoms with van der Waals surface area (Å²) >= 11 is 0. The molecular weight excluding hydrogens is 504 g/mol. The fourth-order valence-electron chi connectivity index (χ4n) is 6.11. The predicted molar refractivity (Wildman–Crippen MR) is 143 cm³/mol. The van der Waals surface area contributed by atoms with Crippen molar-refractivity contribution < 1.29 is 22.7 Å². The Hall–Kier alpha value is -3.05. The summed E-state index contributed by atoms with van der Waals surface area (Å²) in [6.07, 6.45) is 5.01. The van der Waals surface area contributed by atoms with E-state index < -0.39 is 21.3 Å². The molecule has 3 aromatic rings. The molecule has 1 amide bonds. The van der Waals surface area contributed by atoms with Gasteiger partial charge in [-0.25, -0.2) is 8.42 Å². The van der Waals surface area contributed by atoms with Gasteiger partial charge in [0.2, 0.25) is 15.9 Å². The second-order valence-corrected chi connectivity index (χ2v) is 12.6. The molecule has 3 fully saturated rings.